The number of rotatable bonds is 4. The second-order valence-corrected chi connectivity index (χ2v) is 4.73. The molecule has 3 aromatic rings. The summed E-state index contributed by atoms with van der Waals surface area (Å²) in [6.07, 6.45) is 1.90. The van der Waals surface area contributed by atoms with Gasteiger partial charge in [0.1, 0.15) is 5.75 Å². The SMILES string of the molecule is [CH2]CCCOc1cccc2cc3ccccc3cc12. The van der Waals surface area contributed by atoms with Gasteiger partial charge < -0.3 is 4.74 Å². The molecule has 95 valence electrons. The van der Waals surface area contributed by atoms with Gasteiger partial charge in [-0.05, 0) is 40.8 Å². The number of unbranched alkanes of at least 4 members (excludes halogenated alkanes) is 1. The first kappa shape index (κ1) is 12.0. The van der Waals surface area contributed by atoms with Gasteiger partial charge in [0.25, 0.3) is 0 Å². The van der Waals surface area contributed by atoms with Crippen molar-refractivity contribution in [3.63, 3.8) is 0 Å². The van der Waals surface area contributed by atoms with Crippen LogP contribution in [0.3, 0.4) is 0 Å². The van der Waals surface area contributed by atoms with Gasteiger partial charge in [-0.25, -0.2) is 0 Å². The summed E-state index contributed by atoms with van der Waals surface area (Å²) in [4.78, 5) is 0. The highest BCUT2D eigenvalue weighted by atomic mass is 16.5. The molecule has 0 spiro atoms. The zero-order chi connectivity index (χ0) is 13.1. The van der Waals surface area contributed by atoms with Gasteiger partial charge in [0, 0.05) is 5.39 Å². The Balaban J connectivity index is 2.09. The van der Waals surface area contributed by atoms with Gasteiger partial charge >= 0.3 is 0 Å². The molecule has 0 aliphatic heterocycles. The van der Waals surface area contributed by atoms with E-state index in [1.165, 1.54) is 21.5 Å². The molecular formula is C18H17O. The fraction of sp³-hybridized carbons (Fsp3) is 0.167. The summed E-state index contributed by atoms with van der Waals surface area (Å²) >= 11 is 0. The van der Waals surface area contributed by atoms with E-state index < -0.39 is 0 Å². The first-order valence-corrected chi connectivity index (χ1v) is 6.72. The van der Waals surface area contributed by atoms with Crippen LogP contribution in [0, 0.1) is 6.92 Å². The Labute approximate surface area is 113 Å². The Bertz CT molecular complexity index is 700. The lowest BCUT2D eigenvalue weighted by Crippen LogP contribution is -1.96. The van der Waals surface area contributed by atoms with Gasteiger partial charge in [-0.1, -0.05) is 49.7 Å². The minimum atomic E-state index is 0.732. The van der Waals surface area contributed by atoms with E-state index in [-0.39, 0.29) is 0 Å². The molecule has 0 saturated heterocycles. The number of benzene rings is 3. The zero-order valence-electron chi connectivity index (χ0n) is 10.9. The molecule has 1 heteroatoms. The van der Waals surface area contributed by atoms with Crippen LogP contribution in [0.15, 0.2) is 54.6 Å². The quantitative estimate of drug-likeness (QED) is 0.467. The topological polar surface area (TPSA) is 9.23 Å². The molecule has 1 nitrogen and oxygen atoms in total. The van der Waals surface area contributed by atoms with Gasteiger partial charge in [-0.15, -0.1) is 0 Å². The van der Waals surface area contributed by atoms with E-state index in [0.29, 0.717) is 0 Å². The van der Waals surface area contributed by atoms with Gasteiger partial charge in [0.15, 0.2) is 0 Å². The fourth-order valence-electron chi connectivity index (χ4n) is 2.35. The normalized spacial score (nSPS) is 11.0. The first-order chi connectivity index (χ1) is 9.38. The van der Waals surface area contributed by atoms with Crippen molar-refractivity contribution >= 4 is 21.5 Å². The number of hydrogen-bond donors (Lipinski definition) is 0. The average molecular weight is 249 g/mol. The van der Waals surface area contributed by atoms with Crippen LogP contribution in [0.5, 0.6) is 5.75 Å². The van der Waals surface area contributed by atoms with Crippen LogP contribution in [0.4, 0.5) is 0 Å². The Morgan fingerprint density at radius 3 is 2.37 bits per heavy atom. The van der Waals surface area contributed by atoms with Gasteiger partial charge in [-0.2, -0.15) is 0 Å². The summed E-state index contributed by atoms with van der Waals surface area (Å²) in [7, 11) is 0. The average Bonchev–Trinajstić information content (AvgIpc) is 2.46. The first-order valence-electron chi connectivity index (χ1n) is 6.72. The highest BCUT2D eigenvalue weighted by Gasteiger charge is 2.03. The Morgan fingerprint density at radius 1 is 0.842 bits per heavy atom. The van der Waals surface area contributed by atoms with Crippen LogP contribution in [0.1, 0.15) is 12.8 Å². The van der Waals surface area contributed by atoms with E-state index in [1.807, 2.05) is 6.07 Å². The molecule has 0 aromatic heterocycles. The maximum absolute atomic E-state index is 5.87. The van der Waals surface area contributed by atoms with Crippen molar-refractivity contribution in [3.8, 4) is 5.75 Å². The number of ether oxygens (including phenoxy) is 1. The van der Waals surface area contributed by atoms with E-state index in [1.54, 1.807) is 0 Å². The van der Waals surface area contributed by atoms with Gasteiger partial charge in [0.05, 0.1) is 6.61 Å². The van der Waals surface area contributed by atoms with Crippen molar-refractivity contribution < 1.29 is 4.74 Å². The molecule has 0 unspecified atom stereocenters. The van der Waals surface area contributed by atoms with E-state index in [0.717, 1.165) is 25.2 Å². The molecule has 0 N–H and O–H groups in total. The predicted octanol–water partition coefficient (Wildman–Crippen LogP) is 4.99. The van der Waals surface area contributed by atoms with Gasteiger partial charge in [0.2, 0.25) is 0 Å². The number of hydrogen-bond acceptors (Lipinski definition) is 1. The lowest BCUT2D eigenvalue weighted by atomic mass is 10.0. The summed E-state index contributed by atoms with van der Waals surface area (Å²) in [5.74, 6) is 0.969. The minimum Gasteiger partial charge on any atom is -0.493 e. The van der Waals surface area contributed by atoms with E-state index in [9.17, 15) is 0 Å². The molecule has 1 radical (unpaired) electrons. The predicted molar refractivity (Wildman–Crippen MR) is 81.5 cm³/mol. The summed E-state index contributed by atoms with van der Waals surface area (Å²) in [6, 6.07) is 19.1. The fourth-order valence-corrected chi connectivity index (χ4v) is 2.35. The highest BCUT2D eigenvalue weighted by molar-refractivity contribution is 6.00. The van der Waals surface area contributed by atoms with E-state index in [4.69, 9.17) is 4.74 Å². The van der Waals surface area contributed by atoms with E-state index >= 15 is 0 Å². The molecule has 0 aliphatic carbocycles. The van der Waals surface area contributed by atoms with Crippen molar-refractivity contribution in [2.75, 3.05) is 6.61 Å². The van der Waals surface area contributed by atoms with E-state index in [2.05, 4.69) is 55.5 Å². The Hall–Kier alpha value is -2.02. The monoisotopic (exact) mass is 249 g/mol. The molecular weight excluding hydrogens is 232 g/mol. The summed E-state index contributed by atoms with van der Waals surface area (Å²) in [5.41, 5.74) is 0. The molecule has 0 amide bonds. The lowest BCUT2D eigenvalue weighted by molar-refractivity contribution is 0.315. The smallest absolute Gasteiger partial charge is 0.127 e. The maximum Gasteiger partial charge on any atom is 0.127 e. The maximum atomic E-state index is 5.87. The third-order valence-electron chi connectivity index (χ3n) is 3.36. The molecule has 0 heterocycles. The molecule has 0 bridgehead atoms. The summed E-state index contributed by atoms with van der Waals surface area (Å²) in [5, 5.41) is 4.93. The third kappa shape index (κ3) is 2.41. The molecule has 0 aliphatic rings. The molecule has 3 rings (SSSR count). The molecule has 0 fully saturated rings. The van der Waals surface area contributed by atoms with Crippen LogP contribution in [-0.4, -0.2) is 6.61 Å². The largest absolute Gasteiger partial charge is 0.493 e. The second kappa shape index (κ2) is 5.31. The highest BCUT2D eigenvalue weighted by Crippen LogP contribution is 2.30. The molecule has 0 atom stereocenters. The standard InChI is InChI=1S/C18H17O/c1-2-3-11-19-18-10-6-9-16-12-14-7-4-5-8-15(14)13-17(16)18/h4-10,12-13H,1-3,11H2. The zero-order valence-corrected chi connectivity index (χ0v) is 10.9. The Kier molecular flexibility index (Phi) is 3.37. The lowest BCUT2D eigenvalue weighted by Gasteiger charge is -2.10. The van der Waals surface area contributed by atoms with Crippen molar-refractivity contribution in [1.82, 2.24) is 0 Å². The van der Waals surface area contributed by atoms with Crippen molar-refractivity contribution in [3.05, 3.63) is 61.5 Å². The van der Waals surface area contributed by atoms with Crippen molar-refractivity contribution in [1.29, 1.82) is 0 Å². The second-order valence-electron chi connectivity index (χ2n) is 4.73. The summed E-state index contributed by atoms with van der Waals surface area (Å²) < 4.78 is 5.87. The molecule has 0 saturated carbocycles. The van der Waals surface area contributed by atoms with Crippen molar-refractivity contribution in [2.24, 2.45) is 0 Å². The summed E-state index contributed by atoms with van der Waals surface area (Å²) in [6.45, 7) is 4.57. The van der Waals surface area contributed by atoms with Crippen molar-refractivity contribution in [2.45, 2.75) is 12.8 Å². The van der Waals surface area contributed by atoms with Crippen LogP contribution in [0.2, 0.25) is 0 Å². The van der Waals surface area contributed by atoms with Crippen LogP contribution in [0.25, 0.3) is 21.5 Å². The molecule has 3 aromatic carbocycles. The van der Waals surface area contributed by atoms with Crippen LogP contribution in [-0.2, 0) is 0 Å². The Morgan fingerprint density at radius 2 is 1.58 bits per heavy atom. The minimum absolute atomic E-state index is 0.732. The van der Waals surface area contributed by atoms with Crippen LogP contribution < -0.4 is 4.74 Å². The third-order valence-corrected chi connectivity index (χ3v) is 3.36. The molecule has 19 heavy (non-hydrogen) atoms. The number of fused-ring (bicyclic) bond motifs is 2. The van der Waals surface area contributed by atoms with Gasteiger partial charge in [-0.3, -0.25) is 0 Å². The van der Waals surface area contributed by atoms with Crippen LogP contribution >= 0.6 is 0 Å².